The molecule has 78 valence electrons. The molecule has 0 radical (unpaired) electrons. The van der Waals surface area contributed by atoms with Gasteiger partial charge in [-0.25, -0.2) is 0 Å². The first-order chi connectivity index (χ1) is 7.31. The van der Waals surface area contributed by atoms with E-state index in [4.69, 9.17) is 11.6 Å². The Morgan fingerprint density at radius 1 is 1.47 bits per heavy atom. The highest BCUT2D eigenvalue weighted by molar-refractivity contribution is 6.30. The van der Waals surface area contributed by atoms with E-state index in [2.05, 4.69) is 15.5 Å². The normalized spacial score (nSPS) is 10.5. The summed E-state index contributed by atoms with van der Waals surface area (Å²) in [5.41, 5.74) is 0.970. The Bertz CT molecular complexity index is 452. The minimum atomic E-state index is 0.673. The molecule has 0 saturated heterocycles. The van der Waals surface area contributed by atoms with E-state index in [9.17, 15) is 0 Å². The number of halogens is 1. The van der Waals surface area contributed by atoms with Crippen molar-refractivity contribution in [3.8, 4) is 5.69 Å². The molecule has 5 heteroatoms. The number of aromatic nitrogens is 3. The maximum Gasteiger partial charge on any atom is 0.151 e. The summed E-state index contributed by atoms with van der Waals surface area (Å²) < 4.78 is 1.91. The van der Waals surface area contributed by atoms with Gasteiger partial charge in [-0.15, -0.1) is 10.2 Å². The summed E-state index contributed by atoms with van der Waals surface area (Å²) in [6.07, 6.45) is 1.68. The zero-order chi connectivity index (χ0) is 10.7. The van der Waals surface area contributed by atoms with Crippen LogP contribution in [0.3, 0.4) is 0 Å². The summed E-state index contributed by atoms with van der Waals surface area (Å²) in [6, 6.07) is 7.59. The highest BCUT2D eigenvalue weighted by Crippen LogP contribution is 2.15. The molecule has 2 rings (SSSR count). The Morgan fingerprint density at radius 3 is 3.07 bits per heavy atom. The number of nitrogens with zero attached hydrogens (tertiary/aromatic N) is 3. The van der Waals surface area contributed by atoms with Crippen molar-refractivity contribution in [2.45, 2.75) is 6.54 Å². The zero-order valence-electron chi connectivity index (χ0n) is 8.31. The fourth-order valence-corrected chi connectivity index (χ4v) is 1.56. The summed E-state index contributed by atoms with van der Waals surface area (Å²) in [4.78, 5) is 0. The van der Waals surface area contributed by atoms with Crippen molar-refractivity contribution in [3.63, 3.8) is 0 Å². The summed E-state index contributed by atoms with van der Waals surface area (Å²) in [5.74, 6) is 0.861. The van der Waals surface area contributed by atoms with E-state index in [1.54, 1.807) is 6.33 Å². The molecule has 1 aromatic carbocycles. The first-order valence-corrected chi connectivity index (χ1v) is 4.98. The third-order valence-electron chi connectivity index (χ3n) is 2.04. The van der Waals surface area contributed by atoms with E-state index in [-0.39, 0.29) is 0 Å². The van der Waals surface area contributed by atoms with Crippen LogP contribution >= 0.6 is 11.6 Å². The Balaban J connectivity index is 2.40. The predicted molar refractivity (Wildman–Crippen MR) is 59.1 cm³/mol. The smallest absolute Gasteiger partial charge is 0.151 e. The van der Waals surface area contributed by atoms with Crippen LogP contribution < -0.4 is 5.32 Å². The second kappa shape index (κ2) is 4.42. The third kappa shape index (κ3) is 2.16. The molecular weight excluding hydrogens is 212 g/mol. The molecule has 1 aromatic heterocycles. The maximum atomic E-state index is 5.92. The molecule has 1 heterocycles. The van der Waals surface area contributed by atoms with Crippen molar-refractivity contribution >= 4 is 11.6 Å². The zero-order valence-corrected chi connectivity index (χ0v) is 9.07. The number of rotatable bonds is 3. The van der Waals surface area contributed by atoms with E-state index < -0.39 is 0 Å². The van der Waals surface area contributed by atoms with Crippen LogP contribution in [0, 0.1) is 0 Å². The standard InChI is InChI=1S/C10H11ClN4/c1-12-6-10-14-13-7-15(10)9-4-2-3-8(11)5-9/h2-5,7,12H,6H2,1H3. The molecule has 0 aliphatic heterocycles. The third-order valence-corrected chi connectivity index (χ3v) is 2.27. The van der Waals surface area contributed by atoms with Crippen molar-refractivity contribution in [3.05, 3.63) is 41.4 Å². The number of hydrogen-bond acceptors (Lipinski definition) is 3. The lowest BCUT2D eigenvalue weighted by Gasteiger charge is -2.05. The number of nitrogens with one attached hydrogen (secondary N) is 1. The van der Waals surface area contributed by atoms with E-state index in [1.165, 1.54) is 0 Å². The van der Waals surface area contributed by atoms with Gasteiger partial charge in [0.1, 0.15) is 6.33 Å². The molecule has 0 bridgehead atoms. The van der Waals surface area contributed by atoms with Crippen molar-refractivity contribution in [2.75, 3.05) is 7.05 Å². The van der Waals surface area contributed by atoms with Gasteiger partial charge in [0.25, 0.3) is 0 Å². The summed E-state index contributed by atoms with van der Waals surface area (Å²) in [5, 5.41) is 11.6. The van der Waals surface area contributed by atoms with E-state index in [1.807, 2.05) is 35.9 Å². The summed E-state index contributed by atoms with van der Waals surface area (Å²) >= 11 is 5.92. The van der Waals surface area contributed by atoms with E-state index in [0.717, 1.165) is 11.5 Å². The van der Waals surface area contributed by atoms with Crippen molar-refractivity contribution < 1.29 is 0 Å². The average Bonchev–Trinajstić information content (AvgIpc) is 2.66. The van der Waals surface area contributed by atoms with Crippen molar-refractivity contribution in [1.82, 2.24) is 20.1 Å². The van der Waals surface area contributed by atoms with Crippen LogP contribution in [0.5, 0.6) is 0 Å². The van der Waals surface area contributed by atoms with Crippen LogP contribution in [0.2, 0.25) is 5.02 Å². The predicted octanol–water partition coefficient (Wildman–Crippen LogP) is 1.64. The molecule has 0 saturated carbocycles. The Hall–Kier alpha value is -1.39. The first-order valence-electron chi connectivity index (χ1n) is 4.60. The van der Waals surface area contributed by atoms with Gasteiger partial charge >= 0.3 is 0 Å². The largest absolute Gasteiger partial charge is 0.313 e. The van der Waals surface area contributed by atoms with Gasteiger partial charge in [0.05, 0.1) is 6.54 Å². The van der Waals surface area contributed by atoms with Crippen LogP contribution in [0.1, 0.15) is 5.82 Å². The van der Waals surface area contributed by atoms with E-state index >= 15 is 0 Å². The van der Waals surface area contributed by atoms with Crippen LogP contribution in [0.15, 0.2) is 30.6 Å². The number of hydrogen-bond donors (Lipinski definition) is 1. The van der Waals surface area contributed by atoms with Gasteiger partial charge in [-0.3, -0.25) is 4.57 Å². The maximum absolute atomic E-state index is 5.92. The van der Waals surface area contributed by atoms with Gasteiger partial charge in [0, 0.05) is 10.7 Å². The van der Waals surface area contributed by atoms with Gasteiger partial charge in [-0.05, 0) is 25.2 Å². The van der Waals surface area contributed by atoms with Crippen molar-refractivity contribution in [2.24, 2.45) is 0 Å². The minimum Gasteiger partial charge on any atom is -0.313 e. The molecule has 15 heavy (non-hydrogen) atoms. The highest BCUT2D eigenvalue weighted by Gasteiger charge is 2.04. The second-order valence-electron chi connectivity index (χ2n) is 3.13. The Kier molecular flexibility index (Phi) is 2.99. The lowest BCUT2D eigenvalue weighted by atomic mass is 10.3. The van der Waals surface area contributed by atoms with Gasteiger partial charge in [-0.2, -0.15) is 0 Å². The van der Waals surface area contributed by atoms with Crippen LogP contribution in [-0.2, 0) is 6.54 Å². The average molecular weight is 223 g/mol. The molecule has 0 unspecified atom stereocenters. The van der Waals surface area contributed by atoms with Crippen LogP contribution in [-0.4, -0.2) is 21.8 Å². The molecule has 0 amide bonds. The lowest BCUT2D eigenvalue weighted by Crippen LogP contribution is -2.11. The van der Waals surface area contributed by atoms with Gasteiger partial charge in [-0.1, -0.05) is 17.7 Å². The fourth-order valence-electron chi connectivity index (χ4n) is 1.38. The highest BCUT2D eigenvalue weighted by atomic mass is 35.5. The Labute approximate surface area is 92.9 Å². The van der Waals surface area contributed by atoms with E-state index in [0.29, 0.717) is 11.6 Å². The van der Waals surface area contributed by atoms with Crippen LogP contribution in [0.4, 0.5) is 0 Å². The van der Waals surface area contributed by atoms with Gasteiger partial charge in [0.15, 0.2) is 5.82 Å². The molecule has 0 aliphatic rings. The molecule has 0 fully saturated rings. The topological polar surface area (TPSA) is 42.7 Å². The second-order valence-corrected chi connectivity index (χ2v) is 3.56. The molecule has 2 aromatic rings. The number of benzene rings is 1. The quantitative estimate of drug-likeness (QED) is 0.859. The summed E-state index contributed by atoms with van der Waals surface area (Å²) in [7, 11) is 1.87. The molecular formula is C10H11ClN4. The summed E-state index contributed by atoms with van der Waals surface area (Å²) in [6.45, 7) is 0.673. The first kappa shape index (κ1) is 10.1. The molecule has 0 aliphatic carbocycles. The molecule has 4 nitrogen and oxygen atoms in total. The SMILES string of the molecule is CNCc1nncn1-c1cccc(Cl)c1. The van der Waals surface area contributed by atoms with Crippen LogP contribution in [0.25, 0.3) is 5.69 Å². The molecule has 1 N–H and O–H groups in total. The van der Waals surface area contributed by atoms with Gasteiger partial charge in [0.2, 0.25) is 0 Å². The lowest BCUT2D eigenvalue weighted by molar-refractivity contribution is 0.737. The van der Waals surface area contributed by atoms with Gasteiger partial charge < -0.3 is 5.32 Å². The molecule has 0 spiro atoms. The monoisotopic (exact) mass is 222 g/mol. The molecule has 0 atom stereocenters. The fraction of sp³-hybridized carbons (Fsp3) is 0.200. The minimum absolute atomic E-state index is 0.673. The Morgan fingerprint density at radius 2 is 2.33 bits per heavy atom. The van der Waals surface area contributed by atoms with Crippen molar-refractivity contribution in [1.29, 1.82) is 0 Å².